The minimum absolute atomic E-state index is 0.413. The molecule has 1 nitrogen and oxygen atoms in total. The van der Waals surface area contributed by atoms with Crippen molar-refractivity contribution in [2.24, 2.45) is 5.41 Å². The van der Waals surface area contributed by atoms with Gasteiger partial charge in [-0.2, -0.15) is 0 Å². The largest absolute Gasteiger partial charge is 0.315 e. The zero-order chi connectivity index (χ0) is 14.6. The molecule has 0 spiro atoms. The van der Waals surface area contributed by atoms with Gasteiger partial charge in [0.25, 0.3) is 0 Å². The van der Waals surface area contributed by atoms with Crippen LogP contribution in [-0.4, -0.2) is 12.6 Å². The summed E-state index contributed by atoms with van der Waals surface area (Å²) < 4.78 is 0. The number of rotatable bonds is 6. The molecule has 0 aliphatic heterocycles. The van der Waals surface area contributed by atoms with Gasteiger partial charge in [0.05, 0.1) is 0 Å². The summed E-state index contributed by atoms with van der Waals surface area (Å²) in [6, 6.07) is 9.72. The van der Waals surface area contributed by atoms with E-state index < -0.39 is 0 Å². The maximum absolute atomic E-state index is 3.56. The maximum atomic E-state index is 3.56. The number of nitrogens with one attached hydrogen (secondary N) is 1. The number of hydrogen-bond acceptors (Lipinski definition) is 1. The summed E-state index contributed by atoms with van der Waals surface area (Å²) in [6.45, 7) is 10.5. The van der Waals surface area contributed by atoms with Crippen molar-refractivity contribution in [2.45, 2.75) is 71.8 Å². The van der Waals surface area contributed by atoms with E-state index in [1.807, 2.05) is 0 Å². The summed E-state index contributed by atoms with van der Waals surface area (Å²) in [5.41, 5.74) is 3.64. The molecule has 0 amide bonds. The zero-order valence-corrected chi connectivity index (χ0v) is 13.7. The Morgan fingerprint density at radius 1 is 1.30 bits per heavy atom. The topological polar surface area (TPSA) is 12.0 Å². The first-order chi connectivity index (χ1) is 9.52. The van der Waals surface area contributed by atoms with Crippen molar-refractivity contribution in [3.8, 4) is 0 Å². The van der Waals surface area contributed by atoms with Crippen molar-refractivity contribution in [2.75, 3.05) is 6.54 Å². The normalized spacial score (nSPS) is 20.5. The molecule has 0 heterocycles. The van der Waals surface area contributed by atoms with Crippen molar-refractivity contribution < 1.29 is 0 Å². The van der Waals surface area contributed by atoms with Crippen LogP contribution in [0.5, 0.6) is 0 Å². The van der Waals surface area contributed by atoms with E-state index >= 15 is 0 Å². The second-order valence-electron chi connectivity index (χ2n) is 7.32. The monoisotopic (exact) mass is 273 g/mol. The van der Waals surface area contributed by atoms with E-state index in [0.717, 1.165) is 12.5 Å². The lowest BCUT2D eigenvalue weighted by atomic mass is 9.71. The highest BCUT2D eigenvalue weighted by atomic mass is 14.9. The van der Waals surface area contributed by atoms with Crippen LogP contribution in [0.3, 0.4) is 0 Å². The minimum atomic E-state index is 0.413. The molecule has 0 bridgehead atoms. The van der Waals surface area contributed by atoms with Crippen molar-refractivity contribution in [3.05, 3.63) is 35.4 Å². The van der Waals surface area contributed by atoms with Crippen LogP contribution < -0.4 is 5.32 Å². The first-order valence-corrected chi connectivity index (χ1v) is 8.33. The molecule has 1 aliphatic rings. The van der Waals surface area contributed by atoms with Crippen LogP contribution in [0.2, 0.25) is 0 Å². The highest BCUT2D eigenvalue weighted by Crippen LogP contribution is 2.41. The summed E-state index contributed by atoms with van der Waals surface area (Å²) >= 11 is 0. The molecule has 1 aliphatic carbocycles. The molecule has 1 aromatic rings. The molecule has 1 heteroatoms. The van der Waals surface area contributed by atoms with Gasteiger partial charge in [-0.1, -0.05) is 45.0 Å². The van der Waals surface area contributed by atoms with Gasteiger partial charge in [-0.15, -0.1) is 0 Å². The quantitative estimate of drug-likeness (QED) is 0.776. The van der Waals surface area contributed by atoms with Crippen molar-refractivity contribution in [1.82, 2.24) is 5.32 Å². The van der Waals surface area contributed by atoms with Crippen molar-refractivity contribution in [3.63, 3.8) is 0 Å². The van der Waals surface area contributed by atoms with Gasteiger partial charge in [-0.25, -0.2) is 0 Å². The summed E-state index contributed by atoms with van der Waals surface area (Å²) in [6.07, 6.45) is 6.59. The fraction of sp³-hybridized carbons (Fsp3) is 0.684. The number of fused-ring (bicyclic) bond motifs is 1. The Bertz CT molecular complexity index is 422. The fourth-order valence-corrected chi connectivity index (χ4v) is 4.07. The van der Waals surface area contributed by atoms with E-state index in [9.17, 15) is 0 Å². The van der Waals surface area contributed by atoms with Crippen LogP contribution in [0.1, 0.15) is 70.4 Å². The first-order valence-electron chi connectivity index (χ1n) is 8.33. The summed E-state index contributed by atoms with van der Waals surface area (Å²) in [7, 11) is 0. The molecule has 2 rings (SSSR count). The molecular formula is C19H31N. The lowest BCUT2D eigenvalue weighted by Gasteiger charge is -2.35. The molecule has 0 radical (unpaired) electrons. The van der Waals surface area contributed by atoms with Crippen LogP contribution in [0, 0.1) is 5.41 Å². The minimum Gasteiger partial charge on any atom is -0.315 e. The molecule has 20 heavy (non-hydrogen) atoms. The molecule has 1 N–H and O–H groups in total. The van der Waals surface area contributed by atoms with Gasteiger partial charge >= 0.3 is 0 Å². The average Bonchev–Trinajstić information content (AvgIpc) is 2.38. The standard InChI is InChI=1S/C19H31N/c1-5-20-15(2)13-19(3,4)14-17-11-8-10-16-9-6-7-12-18(16)17/h6-7,9,12,15,17,20H,5,8,10-11,13-14H2,1-4H3. The molecule has 2 unspecified atom stereocenters. The first kappa shape index (κ1) is 15.6. The highest BCUT2D eigenvalue weighted by Gasteiger charge is 2.28. The second kappa shape index (κ2) is 6.76. The van der Waals surface area contributed by atoms with Crippen molar-refractivity contribution >= 4 is 0 Å². The lowest BCUT2D eigenvalue weighted by molar-refractivity contribution is 0.241. The van der Waals surface area contributed by atoms with E-state index in [2.05, 4.69) is 57.3 Å². The van der Waals surface area contributed by atoms with Gasteiger partial charge in [0.1, 0.15) is 0 Å². The van der Waals surface area contributed by atoms with E-state index in [4.69, 9.17) is 0 Å². The third-order valence-corrected chi connectivity index (χ3v) is 4.70. The molecule has 0 saturated carbocycles. The maximum Gasteiger partial charge on any atom is 0.00436 e. The average molecular weight is 273 g/mol. The van der Waals surface area contributed by atoms with Crippen LogP contribution in [0.15, 0.2) is 24.3 Å². The Balaban J connectivity index is 2.03. The van der Waals surface area contributed by atoms with E-state index in [-0.39, 0.29) is 0 Å². The van der Waals surface area contributed by atoms with Gasteiger partial charge in [-0.3, -0.25) is 0 Å². The Kier molecular flexibility index (Phi) is 5.26. The lowest BCUT2D eigenvalue weighted by Crippen LogP contribution is -2.32. The third-order valence-electron chi connectivity index (χ3n) is 4.70. The SMILES string of the molecule is CCNC(C)CC(C)(C)CC1CCCc2ccccc21. The summed E-state index contributed by atoms with van der Waals surface area (Å²) in [5, 5.41) is 3.56. The molecule has 2 atom stereocenters. The van der Waals surface area contributed by atoms with Crippen molar-refractivity contribution in [1.29, 1.82) is 0 Å². The molecule has 0 aromatic heterocycles. The van der Waals surface area contributed by atoms with E-state index in [1.165, 1.54) is 32.1 Å². The molecule has 0 saturated heterocycles. The smallest absolute Gasteiger partial charge is 0.00436 e. The highest BCUT2D eigenvalue weighted by molar-refractivity contribution is 5.32. The molecule has 1 aromatic carbocycles. The van der Waals surface area contributed by atoms with Gasteiger partial charge in [0.2, 0.25) is 0 Å². The Hall–Kier alpha value is -0.820. The van der Waals surface area contributed by atoms with Gasteiger partial charge in [0.15, 0.2) is 0 Å². The summed E-state index contributed by atoms with van der Waals surface area (Å²) in [4.78, 5) is 0. The van der Waals surface area contributed by atoms with Gasteiger partial charge in [0, 0.05) is 6.04 Å². The molecule has 112 valence electrons. The van der Waals surface area contributed by atoms with Crippen LogP contribution in [0.25, 0.3) is 0 Å². The van der Waals surface area contributed by atoms with E-state index in [0.29, 0.717) is 11.5 Å². The van der Waals surface area contributed by atoms with Gasteiger partial charge in [-0.05, 0) is 68.0 Å². The predicted molar refractivity (Wildman–Crippen MR) is 88.3 cm³/mol. The second-order valence-corrected chi connectivity index (χ2v) is 7.32. The van der Waals surface area contributed by atoms with Crippen LogP contribution >= 0.6 is 0 Å². The van der Waals surface area contributed by atoms with Gasteiger partial charge < -0.3 is 5.32 Å². The molecular weight excluding hydrogens is 242 g/mol. The summed E-state index contributed by atoms with van der Waals surface area (Å²) in [5.74, 6) is 0.767. The Morgan fingerprint density at radius 3 is 2.80 bits per heavy atom. The number of benzene rings is 1. The predicted octanol–water partition coefficient (Wildman–Crippen LogP) is 4.91. The van der Waals surface area contributed by atoms with Crippen LogP contribution in [0.4, 0.5) is 0 Å². The number of hydrogen-bond donors (Lipinski definition) is 1. The Morgan fingerprint density at radius 2 is 2.05 bits per heavy atom. The van der Waals surface area contributed by atoms with E-state index in [1.54, 1.807) is 11.1 Å². The molecule has 0 fully saturated rings. The number of aryl methyl sites for hydroxylation is 1. The van der Waals surface area contributed by atoms with Crippen LogP contribution in [-0.2, 0) is 6.42 Å². The third kappa shape index (κ3) is 4.09. The fourth-order valence-electron chi connectivity index (χ4n) is 4.07. The zero-order valence-electron chi connectivity index (χ0n) is 13.7. The Labute approximate surface area is 125 Å².